The van der Waals surface area contributed by atoms with E-state index in [4.69, 9.17) is 11.6 Å². The minimum absolute atomic E-state index is 0.143. The van der Waals surface area contributed by atoms with Gasteiger partial charge in [0, 0.05) is 11.6 Å². The van der Waals surface area contributed by atoms with Crippen molar-refractivity contribution < 1.29 is 13.2 Å². The van der Waals surface area contributed by atoms with E-state index in [9.17, 15) is 13.2 Å². The van der Waals surface area contributed by atoms with Crippen molar-refractivity contribution in [1.82, 2.24) is 10.0 Å². The average Bonchev–Trinajstić information content (AvgIpc) is 2.54. The van der Waals surface area contributed by atoms with Gasteiger partial charge in [0.2, 0.25) is 15.9 Å². The Morgan fingerprint density at radius 2 is 1.79 bits per heavy atom. The lowest BCUT2D eigenvalue weighted by molar-refractivity contribution is -0.120. The molecule has 0 bridgehead atoms. The molecule has 0 unspecified atom stereocenters. The highest BCUT2D eigenvalue weighted by atomic mass is 35.5. The number of carbonyl (C=O) groups excluding carboxylic acids is 1. The zero-order valence-corrected chi connectivity index (χ0v) is 15.0. The molecule has 2 aromatic carbocycles. The second-order valence-corrected chi connectivity index (χ2v) is 7.61. The Kier molecular flexibility index (Phi) is 5.99. The van der Waals surface area contributed by atoms with Crippen molar-refractivity contribution in [3.8, 4) is 0 Å². The van der Waals surface area contributed by atoms with Gasteiger partial charge < -0.3 is 5.32 Å². The lowest BCUT2D eigenvalue weighted by Gasteiger charge is -2.10. The summed E-state index contributed by atoms with van der Waals surface area (Å²) in [5, 5.41) is 3.18. The zero-order chi connectivity index (χ0) is 17.7. The van der Waals surface area contributed by atoms with E-state index in [-0.39, 0.29) is 18.0 Å². The zero-order valence-electron chi connectivity index (χ0n) is 13.5. The van der Waals surface area contributed by atoms with Crippen LogP contribution in [0, 0.1) is 13.8 Å². The first-order valence-electron chi connectivity index (χ1n) is 7.36. The third-order valence-corrected chi connectivity index (χ3v) is 5.41. The molecule has 24 heavy (non-hydrogen) atoms. The molecule has 0 fully saturated rings. The number of benzene rings is 2. The number of sulfonamides is 1. The molecular formula is C17H19ClN2O3S. The number of hydrogen-bond donors (Lipinski definition) is 2. The van der Waals surface area contributed by atoms with Gasteiger partial charge in [-0.25, -0.2) is 13.1 Å². The van der Waals surface area contributed by atoms with E-state index in [0.717, 1.165) is 16.7 Å². The molecular weight excluding hydrogens is 348 g/mol. The number of nitrogens with one attached hydrogen (secondary N) is 2. The largest absolute Gasteiger partial charge is 0.351 e. The Labute approximate surface area is 147 Å². The minimum Gasteiger partial charge on any atom is -0.351 e. The van der Waals surface area contributed by atoms with Gasteiger partial charge in [-0.1, -0.05) is 35.9 Å². The highest BCUT2D eigenvalue weighted by Gasteiger charge is 2.16. The molecule has 0 aliphatic heterocycles. The summed E-state index contributed by atoms with van der Waals surface area (Å²) in [5.41, 5.74) is 2.65. The maximum Gasteiger partial charge on any atom is 0.241 e. The summed E-state index contributed by atoms with van der Waals surface area (Å²) in [6, 6.07) is 12.0. The number of halogens is 1. The fourth-order valence-electron chi connectivity index (χ4n) is 2.02. The lowest BCUT2D eigenvalue weighted by atomic mass is 10.1. The van der Waals surface area contributed by atoms with Crippen LogP contribution in [-0.2, 0) is 21.4 Å². The Morgan fingerprint density at radius 3 is 2.46 bits per heavy atom. The first kappa shape index (κ1) is 18.4. The van der Waals surface area contributed by atoms with Crippen molar-refractivity contribution in [1.29, 1.82) is 0 Å². The molecule has 0 saturated heterocycles. The molecule has 0 aliphatic carbocycles. The summed E-state index contributed by atoms with van der Waals surface area (Å²) in [6.45, 7) is 3.65. The van der Waals surface area contributed by atoms with Crippen LogP contribution in [0.4, 0.5) is 0 Å². The predicted molar refractivity (Wildman–Crippen MR) is 94.4 cm³/mol. The Bertz CT molecular complexity index is 851. The van der Waals surface area contributed by atoms with E-state index in [1.54, 1.807) is 30.3 Å². The predicted octanol–water partition coefficient (Wildman–Crippen LogP) is 2.55. The maximum atomic E-state index is 12.2. The molecule has 7 heteroatoms. The number of amides is 1. The fraction of sp³-hybridized carbons (Fsp3) is 0.235. The molecule has 0 radical (unpaired) electrons. The van der Waals surface area contributed by atoms with E-state index >= 15 is 0 Å². The van der Waals surface area contributed by atoms with Crippen LogP contribution in [0.25, 0.3) is 0 Å². The third kappa shape index (κ3) is 4.80. The molecule has 0 heterocycles. The van der Waals surface area contributed by atoms with Crippen LogP contribution in [0.1, 0.15) is 16.7 Å². The molecule has 128 valence electrons. The summed E-state index contributed by atoms with van der Waals surface area (Å²) in [5.74, 6) is -0.428. The molecule has 0 aromatic heterocycles. The van der Waals surface area contributed by atoms with Crippen LogP contribution < -0.4 is 10.0 Å². The minimum atomic E-state index is -3.72. The molecule has 1 amide bonds. The fourth-order valence-corrected chi connectivity index (χ4v) is 3.29. The Balaban J connectivity index is 1.93. The van der Waals surface area contributed by atoms with Crippen molar-refractivity contribution >= 4 is 27.5 Å². The van der Waals surface area contributed by atoms with Crippen molar-refractivity contribution in [3.05, 3.63) is 64.2 Å². The van der Waals surface area contributed by atoms with E-state index in [2.05, 4.69) is 10.0 Å². The second kappa shape index (κ2) is 7.79. The van der Waals surface area contributed by atoms with E-state index < -0.39 is 15.9 Å². The standard InChI is InChI=1S/C17H19ClN2O3S/c1-12-7-8-15(9-13(12)2)24(22,23)20-11-17(21)19-10-14-5-3-4-6-16(14)18/h3-9,20H,10-11H2,1-2H3,(H,19,21). The topological polar surface area (TPSA) is 75.3 Å². The molecule has 2 aromatic rings. The SMILES string of the molecule is Cc1ccc(S(=O)(=O)NCC(=O)NCc2ccccc2Cl)cc1C. The highest BCUT2D eigenvalue weighted by molar-refractivity contribution is 7.89. The van der Waals surface area contributed by atoms with Crippen molar-refractivity contribution in [2.75, 3.05) is 6.54 Å². The van der Waals surface area contributed by atoms with Gasteiger partial charge in [-0.2, -0.15) is 0 Å². The molecule has 0 aliphatic rings. The third-order valence-electron chi connectivity index (χ3n) is 3.65. The number of hydrogen-bond acceptors (Lipinski definition) is 3. The number of carbonyl (C=O) groups is 1. The van der Waals surface area contributed by atoms with Crippen molar-refractivity contribution in [2.24, 2.45) is 0 Å². The van der Waals surface area contributed by atoms with Gasteiger partial charge in [0.05, 0.1) is 11.4 Å². The Hall–Kier alpha value is -1.89. The lowest BCUT2D eigenvalue weighted by Crippen LogP contribution is -2.36. The van der Waals surface area contributed by atoms with Crippen LogP contribution in [0.5, 0.6) is 0 Å². The Morgan fingerprint density at radius 1 is 1.08 bits per heavy atom. The molecule has 0 spiro atoms. The molecule has 2 rings (SSSR count). The molecule has 2 N–H and O–H groups in total. The van der Waals surface area contributed by atoms with Crippen LogP contribution in [-0.4, -0.2) is 20.9 Å². The van der Waals surface area contributed by atoms with E-state index in [0.29, 0.717) is 5.02 Å². The molecule has 0 atom stereocenters. The van der Waals surface area contributed by atoms with E-state index in [1.807, 2.05) is 19.9 Å². The average molecular weight is 367 g/mol. The normalized spacial score (nSPS) is 11.3. The van der Waals surface area contributed by atoms with Crippen LogP contribution >= 0.6 is 11.6 Å². The smallest absolute Gasteiger partial charge is 0.241 e. The van der Waals surface area contributed by atoms with Crippen LogP contribution in [0.15, 0.2) is 47.4 Å². The summed E-state index contributed by atoms with van der Waals surface area (Å²) < 4.78 is 26.7. The van der Waals surface area contributed by atoms with Gasteiger partial charge in [-0.15, -0.1) is 0 Å². The summed E-state index contributed by atoms with van der Waals surface area (Å²) in [6.07, 6.45) is 0. The van der Waals surface area contributed by atoms with Gasteiger partial charge in [0.25, 0.3) is 0 Å². The quantitative estimate of drug-likeness (QED) is 0.825. The summed E-state index contributed by atoms with van der Waals surface area (Å²) in [4.78, 5) is 12.0. The van der Waals surface area contributed by atoms with Crippen molar-refractivity contribution in [2.45, 2.75) is 25.3 Å². The van der Waals surface area contributed by atoms with E-state index in [1.165, 1.54) is 6.07 Å². The van der Waals surface area contributed by atoms with Gasteiger partial charge in [-0.3, -0.25) is 4.79 Å². The van der Waals surface area contributed by atoms with Gasteiger partial charge in [0.15, 0.2) is 0 Å². The monoisotopic (exact) mass is 366 g/mol. The van der Waals surface area contributed by atoms with Crippen LogP contribution in [0.3, 0.4) is 0 Å². The number of aryl methyl sites for hydroxylation is 2. The first-order valence-corrected chi connectivity index (χ1v) is 9.23. The molecule has 0 saturated carbocycles. The summed E-state index contributed by atoms with van der Waals surface area (Å²) in [7, 11) is -3.72. The molecule has 5 nitrogen and oxygen atoms in total. The van der Waals surface area contributed by atoms with Crippen molar-refractivity contribution in [3.63, 3.8) is 0 Å². The second-order valence-electron chi connectivity index (χ2n) is 5.44. The van der Waals surface area contributed by atoms with Gasteiger partial charge in [-0.05, 0) is 48.7 Å². The van der Waals surface area contributed by atoms with Gasteiger partial charge in [0.1, 0.15) is 0 Å². The summed E-state index contributed by atoms with van der Waals surface area (Å²) >= 11 is 6.00. The highest BCUT2D eigenvalue weighted by Crippen LogP contribution is 2.15. The number of rotatable bonds is 6. The first-order chi connectivity index (χ1) is 11.3. The van der Waals surface area contributed by atoms with Gasteiger partial charge >= 0.3 is 0 Å². The van der Waals surface area contributed by atoms with Crippen LogP contribution in [0.2, 0.25) is 5.02 Å². The maximum absolute atomic E-state index is 12.2.